The predicted molar refractivity (Wildman–Crippen MR) is 119 cm³/mol. The molecule has 0 unspecified atom stereocenters. The second kappa shape index (κ2) is 6.54. The van der Waals surface area contributed by atoms with Crippen molar-refractivity contribution in [2.75, 3.05) is 0 Å². The zero-order valence-electron chi connectivity index (χ0n) is 19.5. The first-order valence-electron chi connectivity index (χ1n) is 11.1. The van der Waals surface area contributed by atoms with Gasteiger partial charge in [0.25, 0.3) is 0 Å². The van der Waals surface area contributed by atoms with Crippen LogP contribution in [0.3, 0.4) is 0 Å². The monoisotopic (exact) mass is 386 g/mol. The van der Waals surface area contributed by atoms with Crippen LogP contribution in [0.4, 0.5) is 0 Å². The Morgan fingerprint density at radius 1 is 0.786 bits per heavy atom. The van der Waals surface area contributed by atoms with E-state index in [1.807, 2.05) is 44.2 Å². The first-order chi connectivity index (χ1) is 15.2. The van der Waals surface area contributed by atoms with Gasteiger partial charge in [0.05, 0.1) is 5.48 Å². The van der Waals surface area contributed by atoms with Gasteiger partial charge in [-0.25, -0.2) is 0 Å². The fourth-order valence-electron chi connectivity index (χ4n) is 3.75. The molecule has 0 amide bonds. The molecule has 0 aliphatic rings. The van der Waals surface area contributed by atoms with E-state index in [-0.39, 0.29) is 29.8 Å². The second-order valence-electron chi connectivity index (χ2n) is 7.09. The maximum absolute atomic E-state index is 8.36. The number of hydrogen-bond acceptors (Lipinski definition) is 1. The molecule has 5 rings (SSSR count). The largest absolute Gasteiger partial charge is 0.455 e. The number of benzene rings is 4. The third-order valence-corrected chi connectivity index (χ3v) is 5.12. The summed E-state index contributed by atoms with van der Waals surface area (Å²) < 4.78 is 38.7. The normalized spacial score (nSPS) is 13.4. The van der Waals surface area contributed by atoms with Gasteiger partial charge in [-0.1, -0.05) is 66.1 Å². The lowest BCUT2D eigenvalue weighted by Gasteiger charge is -2.10. The maximum atomic E-state index is 8.36. The molecule has 0 aliphatic heterocycles. The molecular weight excluding hydrogens is 364 g/mol. The van der Waals surface area contributed by atoms with Gasteiger partial charge in [0, 0.05) is 21.4 Å². The minimum Gasteiger partial charge on any atom is -0.455 e. The molecule has 28 heavy (non-hydrogen) atoms. The molecule has 0 aliphatic carbocycles. The van der Waals surface area contributed by atoms with Crippen LogP contribution in [0.1, 0.15) is 16.6 Å². The van der Waals surface area contributed by atoms with Crippen LogP contribution in [0, 0.1) is 13.8 Å². The van der Waals surface area contributed by atoms with Gasteiger partial charge >= 0.3 is 0 Å². The van der Waals surface area contributed by atoms with Crippen LogP contribution in [-0.4, -0.2) is 0 Å². The number of hydrogen-bond donors (Lipinski definition) is 0. The molecule has 0 spiro atoms. The highest BCUT2D eigenvalue weighted by molar-refractivity contribution is 6.31. The average Bonchev–Trinajstić information content (AvgIpc) is 3.15. The van der Waals surface area contributed by atoms with E-state index in [9.17, 15) is 0 Å². The lowest BCUT2D eigenvalue weighted by Crippen LogP contribution is -1.86. The third kappa shape index (κ3) is 2.89. The van der Waals surface area contributed by atoms with Gasteiger partial charge < -0.3 is 4.42 Å². The van der Waals surface area contributed by atoms with Gasteiger partial charge in [0.2, 0.25) is 0 Å². The highest BCUT2D eigenvalue weighted by atomic mass is 35.5. The second-order valence-corrected chi connectivity index (χ2v) is 7.53. The molecule has 0 saturated heterocycles. The highest BCUT2D eigenvalue weighted by Gasteiger charge is 2.13. The molecule has 5 aromatic rings. The smallest absolute Gasteiger partial charge is 0.143 e. The van der Waals surface area contributed by atoms with Crippen molar-refractivity contribution in [2.45, 2.75) is 13.8 Å². The quantitative estimate of drug-likeness (QED) is 0.298. The first kappa shape index (κ1) is 13.2. The molecular formula is C26H19ClO. The number of fused-ring (bicyclic) bond motifs is 3. The molecule has 1 heterocycles. The summed E-state index contributed by atoms with van der Waals surface area (Å²) in [6.07, 6.45) is 0. The SMILES string of the molecule is [2H]c1c([2H])c([2H])c2c(oc3c(-c4cc(C)cc(-c5cc(C)cc(Cl)c5)c4)cccc32)c1[2H]. The van der Waals surface area contributed by atoms with Gasteiger partial charge in [-0.15, -0.1) is 0 Å². The van der Waals surface area contributed by atoms with Crippen LogP contribution in [0.2, 0.25) is 5.02 Å². The van der Waals surface area contributed by atoms with Gasteiger partial charge in [0.15, 0.2) is 0 Å². The Morgan fingerprint density at radius 2 is 1.50 bits per heavy atom. The number of aryl methyl sites for hydroxylation is 2. The minimum atomic E-state index is -0.294. The van der Waals surface area contributed by atoms with Crippen LogP contribution >= 0.6 is 11.6 Å². The average molecular weight is 387 g/mol. The molecule has 1 aromatic heterocycles. The Labute approximate surface area is 174 Å². The van der Waals surface area contributed by atoms with Crippen molar-refractivity contribution in [3.05, 3.63) is 94.9 Å². The summed E-state index contributed by atoms with van der Waals surface area (Å²) in [4.78, 5) is 0. The molecule has 0 fully saturated rings. The van der Waals surface area contributed by atoms with Gasteiger partial charge in [-0.3, -0.25) is 0 Å². The van der Waals surface area contributed by atoms with Crippen molar-refractivity contribution in [3.8, 4) is 22.3 Å². The summed E-state index contributed by atoms with van der Waals surface area (Å²) in [6, 6.07) is 17.1. The Kier molecular flexibility index (Phi) is 3.08. The van der Waals surface area contributed by atoms with E-state index in [1.165, 1.54) is 0 Å². The molecule has 0 saturated carbocycles. The first-order valence-corrected chi connectivity index (χ1v) is 9.43. The van der Waals surface area contributed by atoms with Crippen molar-refractivity contribution >= 4 is 33.5 Å². The Balaban J connectivity index is 1.80. The summed E-state index contributed by atoms with van der Waals surface area (Å²) in [6.45, 7) is 4.05. The molecule has 4 aromatic carbocycles. The highest BCUT2D eigenvalue weighted by Crippen LogP contribution is 2.37. The number of halogens is 1. The van der Waals surface area contributed by atoms with Crippen molar-refractivity contribution < 1.29 is 9.90 Å². The van der Waals surface area contributed by atoms with Gasteiger partial charge in [0.1, 0.15) is 11.2 Å². The lowest BCUT2D eigenvalue weighted by atomic mass is 9.95. The van der Waals surface area contributed by atoms with E-state index in [0.717, 1.165) is 33.4 Å². The van der Waals surface area contributed by atoms with E-state index in [2.05, 4.69) is 24.3 Å². The topological polar surface area (TPSA) is 13.1 Å². The molecule has 0 atom stereocenters. The number of rotatable bonds is 2. The summed E-state index contributed by atoms with van der Waals surface area (Å²) in [5, 5.41) is 1.77. The lowest BCUT2D eigenvalue weighted by molar-refractivity contribution is 0.670. The summed E-state index contributed by atoms with van der Waals surface area (Å²) in [7, 11) is 0. The molecule has 0 N–H and O–H groups in total. The fraction of sp³-hybridized carbons (Fsp3) is 0.0769. The fourth-order valence-corrected chi connectivity index (χ4v) is 4.04. The van der Waals surface area contributed by atoms with Crippen molar-refractivity contribution in [2.24, 2.45) is 0 Å². The van der Waals surface area contributed by atoms with Crippen molar-refractivity contribution in [3.63, 3.8) is 0 Å². The van der Waals surface area contributed by atoms with E-state index < -0.39 is 0 Å². The van der Waals surface area contributed by atoms with E-state index in [1.54, 1.807) is 0 Å². The predicted octanol–water partition coefficient (Wildman–Crippen LogP) is 8.19. The zero-order valence-corrected chi connectivity index (χ0v) is 16.2. The third-order valence-electron chi connectivity index (χ3n) is 4.91. The standard InChI is InChI=1S/C26H19ClO/c1-16-10-18(19-11-17(2)13-21(27)15-19)14-20(12-16)22-7-5-8-24-23-6-3-4-9-25(23)28-26(22)24/h3-15H,1-2H3/i3D,4D,6D,9D. The van der Waals surface area contributed by atoms with E-state index in [0.29, 0.717) is 21.4 Å². The molecule has 136 valence electrons. The number of furan rings is 1. The van der Waals surface area contributed by atoms with Crippen LogP contribution in [0.25, 0.3) is 44.2 Å². The van der Waals surface area contributed by atoms with Crippen LogP contribution in [0.15, 0.2) is 83.2 Å². The van der Waals surface area contributed by atoms with Crippen LogP contribution in [-0.2, 0) is 0 Å². The maximum Gasteiger partial charge on any atom is 0.143 e. The molecule has 2 heteroatoms. The summed E-state index contributed by atoms with van der Waals surface area (Å²) in [5.74, 6) is 0. The Morgan fingerprint density at radius 3 is 2.32 bits per heavy atom. The van der Waals surface area contributed by atoms with Gasteiger partial charge in [-0.05, 0) is 65.9 Å². The summed E-state index contributed by atoms with van der Waals surface area (Å²) >= 11 is 6.29. The van der Waals surface area contributed by atoms with Crippen LogP contribution in [0.5, 0.6) is 0 Å². The van der Waals surface area contributed by atoms with Crippen LogP contribution < -0.4 is 0 Å². The minimum absolute atomic E-state index is 0.0868. The molecule has 0 radical (unpaired) electrons. The number of para-hydroxylation sites is 2. The zero-order chi connectivity index (χ0) is 22.7. The van der Waals surface area contributed by atoms with Crippen molar-refractivity contribution in [1.29, 1.82) is 0 Å². The van der Waals surface area contributed by atoms with E-state index >= 15 is 0 Å². The van der Waals surface area contributed by atoms with Crippen molar-refractivity contribution in [1.82, 2.24) is 0 Å². The Hall–Kier alpha value is -3.03. The van der Waals surface area contributed by atoms with E-state index in [4.69, 9.17) is 21.5 Å². The molecule has 1 nitrogen and oxygen atoms in total. The van der Waals surface area contributed by atoms with Gasteiger partial charge in [-0.2, -0.15) is 0 Å². The Bertz CT molecular complexity index is 1530. The summed E-state index contributed by atoms with van der Waals surface area (Å²) in [5.41, 5.74) is 6.71. The molecule has 0 bridgehead atoms.